The van der Waals surface area contributed by atoms with Gasteiger partial charge in [0.15, 0.2) is 17.4 Å². The highest BCUT2D eigenvalue weighted by atomic mass is 35.5. The minimum absolute atomic E-state index is 0.0279. The Morgan fingerprint density at radius 1 is 1.21 bits per heavy atom. The van der Waals surface area contributed by atoms with Crippen molar-refractivity contribution in [3.8, 4) is 5.75 Å². The third-order valence-electron chi connectivity index (χ3n) is 4.76. The van der Waals surface area contributed by atoms with Crippen molar-refractivity contribution >= 4 is 34.4 Å². The summed E-state index contributed by atoms with van der Waals surface area (Å²) in [5.41, 5.74) is 0.237. The number of phenols is 1. The first-order chi connectivity index (χ1) is 13.2. The number of carbonyl (C=O) groups excluding carboxylic acids is 1. The molecule has 1 aromatic heterocycles. The summed E-state index contributed by atoms with van der Waals surface area (Å²) in [6.45, 7) is 3.06. The highest BCUT2D eigenvalue weighted by Crippen LogP contribution is 2.39. The summed E-state index contributed by atoms with van der Waals surface area (Å²) in [4.78, 5) is 24.8. The van der Waals surface area contributed by atoms with Crippen LogP contribution in [-0.2, 0) is 4.79 Å². The van der Waals surface area contributed by atoms with Gasteiger partial charge in [-0.1, -0.05) is 18.5 Å². The third kappa shape index (κ3) is 3.01. The maximum absolute atomic E-state index is 14.8. The molecule has 0 fully saturated rings. The van der Waals surface area contributed by atoms with Crippen molar-refractivity contribution in [1.29, 1.82) is 0 Å². The Bertz CT molecular complexity index is 1110. The molecule has 0 saturated heterocycles. The zero-order valence-electron chi connectivity index (χ0n) is 15.0. The van der Waals surface area contributed by atoms with E-state index in [0.29, 0.717) is 5.02 Å². The lowest BCUT2D eigenvalue weighted by Gasteiger charge is -2.12. The number of aromatic nitrogens is 1. The standard InChI is InChI=1S/C20H16ClF2NO4/c1-3-12(20(27)28)15-9(2)24(19(26)10-4-6-11(21)7-5-10)14-8-13(22)18(25)17(23)16(14)15/h4-8,12,25H,3H2,1-2H3,(H,27,28)/t12-/m0/s1. The van der Waals surface area contributed by atoms with Crippen LogP contribution >= 0.6 is 11.6 Å². The SMILES string of the molecule is CC[C@H](C(=O)O)c1c(C)n(C(=O)c2ccc(Cl)cc2)c2cc(F)c(O)c(F)c12. The summed E-state index contributed by atoms with van der Waals surface area (Å²) in [7, 11) is 0. The zero-order chi connectivity index (χ0) is 20.7. The van der Waals surface area contributed by atoms with Gasteiger partial charge in [-0.3, -0.25) is 14.2 Å². The summed E-state index contributed by atoms with van der Waals surface area (Å²) in [5.74, 6) is -6.72. The lowest BCUT2D eigenvalue weighted by molar-refractivity contribution is -0.138. The average Bonchev–Trinajstić information content (AvgIpc) is 2.92. The molecule has 8 heteroatoms. The first kappa shape index (κ1) is 19.8. The highest BCUT2D eigenvalue weighted by Gasteiger charge is 2.31. The van der Waals surface area contributed by atoms with Crippen LogP contribution in [0.3, 0.4) is 0 Å². The van der Waals surface area contributed by atoms with E-state index in [1.165, 1.54) is 31.2 Å². The number of aliphatic carboxylic acids is 1. The van der Waals surface area contributed by atoms with E-state index < -0.39 is 35.2 Å². The molecule has 0 aliphatic rings. The molecule has 0 spiro atoms. The fourth-order valence-corrected chi connectivity index (χ4v) is 3.55. The fourth-order valence-electron chi connectivity index (χ4n) is 3.42. The molecule has 146 valence electrons. The molecule has 0 radical (unpaired) electrons. The Morgan fingerprint density at radius 2 is 1.82 bits per heavy atom. The minimum atomic E-state index is -1.30. The van der Waals surface area contributed by atoms with Crippen LogP contribution in [0.4, 0.5) is 8.78 Å². The van der Waals surface area contributed by atoms with E-state index in [2.05, 4.69) is 0 Å². The smallest absolute Gasteiger partial charge is 0.311 e. The lowest BCUT2D eigenvalue weighted by atomic mass is 9.93. The Hall–Kier alpha value is -2.93. The number of phenolic OH excluding ortho intramolecular Hbond substituents is 1. The summed E-state index contributed by atoms with van der Waals surface area (Å²) < 4.78 is 29.9. The van der Waals surface area contributed by atoms with Gasteiger partial charge in [-0.2, -0.15) is 0 Å². The van der Waals surface area contributed by atoms with Crippen LogP contribution in [0.2, 0.25) is 5.02 Å². The highest BCUT2D eigenvalue weighted by molar-refractivity contribution is 6.30. The molecule has 2 N–H and O–H groups in total. The largest absolute Gasteiger partial charge is 0.503 e. The van der Waals surface area contributed by atoms with Gasteiger partial charge in [0.2, 0.25) is 0 Å². The van der Waals surface area contributed by atoms with Gasteiger partial charge in [0, 0.05) is 27.7 Å². The molecule has 0 bridgehead atoms. The number of rotatable bonds is 4. The average molecular weight is 408 g/mol. The minimum Gasteiger partial charge on any atom is -0.503 e. The molecular weight excluding hydrogens is 392 g/mol. The van der Waals surface area contributed by atoms with Crippen LogP contribution in [0, 0.1) is 18.6 Å². The number of halogens is 3. The van der Waals surface area contributed by atoms with Crippen LogP contribution in [0.15, 0.2) is 30.3 Å². The number of carboxylic acid groups (broad SMARTS) is 1. The van der Waals surface area contributed by atoms with Crippen molar-refractivity contribution in [2.75, 3.05) is 0 Å². The number of nitrogens with zero attached hydrogens (tertiary/aromatic N) is 1. The Balaban J connectivity index is 2.40. The van der Waals surface area contributed by atoms with Crippen LogP contribution in [0.5, 0.6) is 5.75 Å². The molecule has 0 saturated carbocycles. The van der Waals surface area contributed by atoms with Crippen molar-refractivity contribution < 1.29 is 28.6 Å². The van der Waals surface area contributed by atoms with Crippen molar-refractivity contribution in [3.63, 3.8) is 0 Å². The van der Waals surface area contributed by atoms with Gasteiger partial charge >= 0.3 is 5.97 Å². The van der Waals surface area contributed by atoms with E-state index >= 15 is 0 Å². The van der Waals surface area contributed by atoms with Crippen LogP contribution < -0.4 is 0 Å². The molecular formula is C20H16ClF2NO4. The number of carbonyl (C=O) groups is 2. The molecule has 0 aliphatic heterocycles. The molecule has 1 atom stereocenters. The van der Waals surface area contributed by atoms with Gasteiger partial charge in [0.1, 0.15) is 0 Å². The number of fused-ring (bicyclic) bond motifs is 1. The van der Waals surface area contributed by atoms with Crippen molar-refractivity contribution in [3.05, 3.63) is 63.8 Å². The summed E-state index contributed by atoms with van der Waals surface area (Å²) >= 11 is 5.84. The fraction of sp³-hybridized carbons (Fsp3) is 0.200. The van der Waals surface area contributed by atoms with Crippen molar-refractivity contribution in [2.45, 2.75) is 26.2 Å². The van der Waals surface area contributed by atoms with E-state index in [1.807, 2.05) is 0 Å². The van der Waals surface area contributed by atoms with Gasteiger partial charge < -0.3 is 10.2 Å². The van der Waals surface area contributed by atoms with Crippen LogP contribution in [-0.4, -0.2) is 26.7 Å². The Labute approximate surface area is 163 Å². The van der Waals surface area contributed by atoms with E-state index in [-0.39, 0.29) is 34.1 Å². The molecule has 5 nitrogen and oxygen atoms in total. The summed E-state index contributed by atoms with van der Waals surface area (Å²) in [5, 5.41) is 19.4. The molecule has 2 aromatic carbocycles. The van der Waals surface area contributed by atoms with Gasteiger partial charge in [0.25, 0.3) is 5.91 Å². The number of benzene rings is 2. The molecule has 28 heavy (non-hydrogen) atoms. The molecule has 3 aromatic rings. The summed E-state index contributed by atoms with van der Waals surface area (Å²) in [6, 6.07) is 6.73. The topological polar surface area (TPSA) is 79.5 Å². The number of aromatic hydroxyl groups is 1. The number of hydrogen-bond acceptors (Lipinski definition) is 3. The van der Waals surface area contributed by atoms with E-state index in [4.69, 9.17) is 11.6 Å². The second-order valence-corrected chi connectivity index (χ2v) is 6.80. The predicted octanol–water partition coefficient (Wildman–Crippen LogP) is 4.85. The second-order valence-electron chi connectivity index (χ2n) is 6.36. The normalized spacial score (nSPS) is 12.3. The number of carboxylic acids is 1. The zero-order valence-corrected chi connectivity index (χ0v) is 15.7. The third-order valence-corrected chi connectivity index (χ3v) is 5.01. The van der Waals surface area contributed by atoms with E-state index in [9.17, 15) is 28.6 Å². The van der Waals surface area contributed by atoms with E-state index in [1.54, 1.807) is 6.92 Å². The van der Waals surface area contributed by atoms with Crippen LogP contribution in [0.1, 0.15) is 40.9 Å². The van der Waals surface area contributed by atoms with Gasteiger partial charge in [0.05, 0.1) is 11.4 Å². The van der Waals surface area contributed by atoms with Crippen LogP contribution in [0.25, 0.3) is 10.9 Å². The first-order valence-corrected chi connectivity index (χ1v) is 8.81. The Kier molecular flexibility index (Phi) is 5.12. The summed E-state index contributed by atoms with van der Waals surface area (Å²) in [6.07, 6.45) is 0.113. The molecule has 1 heterocycles. The molecule has 3 rings (SSSR count). The monoisotopic (exact) mass is 407 g/mol. The predicted molar refractivity (Wildman–Crippen MR) is 100 cm³/mol. The molecule has 0 unspecified atom stereocenters. The second kappa shape index (κ2) is 7.24. The molecule has 0 aliphatic carbocycles. The Morgan fingerprint density at radius 3 is 2.36 bits per heavy atom. The van der Waals surface area contributed by atoms with Crippen molar-refractivity contribution in [1.82, 2.24) is 4.57 Å². The van der Waals surface area contributed by atoms with E-state index in [0.717, 1.165) is 10.6 Å². The van der Waals surface area contributed by atoms with Gasteiger partial charge in [-0.05, 0) is 43.2 Å². The quantitative estimate of drug-likeness (QED) is 0.647. The lowest BCUT2D eigenvalue weighted by Crippen LogP contribution is -2.16. The molecule has 0 amide bonds. The number of hydrogen-bond donors (Lipinski definition) is 2. The maximum Gasteiger partial charge on any atom is 0.311 e. The van der Waals surface area contributed by atoms with Gasteiger partial charge in [-0.25, -0.2) is 8.78 Å². The first-order valence-electron chi connectivity index (χ1n) is 8.43. The maximum atomic E-state index is 14.8. The van der Waals surface area contributed by atoms with Crippen molar-refractivity contribution in [2.24, 2.45) is 0 Å². The van der Waals surface area contributed by atoms with Gasteiger partial charge in [-0.15, -0.1) is 0 Å².